The molecule has 0 radical (unpaired) electrons. The summed E-state index contributed by atoms with van der Waals surface area (Å²) in [6.45, 7) is 2.41. The van der Waals surface area contributed by atoms with Gasteiger partial charge < -0.3 is 10.0 Å². The highest BCUT2D eigenvalue weighted by Gasteiger charge is 2.38. The monoisotopic (exact) mass is 301 g/mol. The Hall–Kier alpha value is -1.26. The second kappa shape index (κ2) is 5.39. The molecule has 0 aromatic heterocycles. The number of carbonyl (C=O) groups excluding carboxylic acids is 1. The van der Waals surface area contributed by atoms with Crippen molar-refractivity contribution in [2.24, 2.45) is 11.8 Å². The van der Waals surface area contributed by atoms with Crippen molar-refractivity contribution in [3.8, 4) is 0 Å². The number of amides is 1. The summed E-state index contributed by atoms with van der Waals surface area (Å²) < 4.78 is 0. The lowest BCUT2D eigenvalue weighted by atomic mass is 9.99. The van der Waals surface area contributed by atoms with Crippen molar-refractivity contribution >= 4 is 35.1 Å². The van der Waals surface area contributed by atoms with E-state index < -0.39 is 11.9 Å². The first-order valence-electron chi connectivity index (χ1n) is 5.88. The molecule has 1 amide bonds. The number of carboxylic acids is 1. The largest absolute Gasteiger partial charge is 0.481 e. The minimum atomic E-state index is -0.881. The highest BCUT2D eigenvalue weighted by molar-refractivity contribution is 6.39. The molecule has 102 valence electrons. The van der Waals surface area contributed by atoms with Crippen LogP contribution in [0, 0.1) is 11.8 Å². The molecule has 6 heteroatoms. The fourth-order valence-corrected chi connectivity index (χ4v) is 2.87. The van der Waals surface area contributed by atoms with Crippen molar-refractivity contribution in [3.63, 3.8) is 0 Å². The van der Waals surface area contributed by atoms with E-state index in [0.717, 1.165) is 0 Å². The number of carbonyl (C=O) groups is 2. The zero-order chi connectivity index (χ0) is 14.2. The number of nitrogens with zero attached hydrogens (tertiary/aromatic N) is 1. The van der Waals surface area contributed by atoms with Gasteiger partial charge in [-0.25, -0.2) is 0 Å². The maximum Gasteiger partial charge on any atom is 0.308 e. The first kappa shape index (κ1) is 14.2. The quantitative estimate of drug-likeness (QED) is 0.914. The molecule has 2 rings (SSSR count). The van der Waals surface area contributed by atoms with Crippen LogP contribution < -0.4 is 0 Å². The number of carboxylic acid groups (broad SMARTS) is 1. The average molecular weight is 302 g/mol. The van der Waals surface area contributed by atoms with Gasteiger partial charge in [-0.05, 0) is 18.1 Å². The Morgan fingerprint density at radius 2 is 1.84 bits per heavy atom. The van der Waals surface area contributed by atoms with E-state index in [1.807, 2.05) is 6.92 Å². The van der Waals surface area contributed by atoms with E-state index in [2.05, 4.69) is 0 Å². The van der Waals surface area contributed by atoms with Crippen LogP contribution in [0.5, 0.6) is 0 Å². The van der Waals surface area contributed by atoms with Gasteiger partial charge in [0.25, 0.3) is 5.91 Å². The molecule has 0 aliphatic carbocycles. The highest BCUT2D eigenvalue weighted by Crippen LogP contribution is 2.30. The summed E-state index contributed by atoms with van der Waals surface area (Å²) in [6, 6.07) is 4.85. The normalized spacial score (nSPS) is 22.6. The van der Waals surface area contributed by atoms with E-state index in [0.29, 0.717) is 6.54 Å². The highest BCUT2D eigenvalue weighted by atomic mass is 35.5. The Morgan fingerprint density at radius 3 is 2.32 bits per heavy atom. The molecule has 2 atom stereocenters. The molecule has 4 nitrogen and oxygen atoms in total. The van der Waals surface area contributed by atoms with Gasteiger partial charge in [-0.15, -0.1) is 0 Å². The Bertz CT molecular complexity index is 512. The molecule has 1 aromatic carbocycles. The lowest BCUT2D eigenvalue weighted by Gasteiger charge is -2.17. The zero-order valence-electron chi connectivity index (χ0n) is 10.3. The Kier molecular flexibility index (Phi) is 4.02. The predicted octanol–water partition coefficient (Wildman–Crippen LogP) is 2.79. The van der Waals surface area contributed by atoms with Gasteiger partial charge in [0.2, 0.25) is 0 Å². The first-order valence-corrected chi connectivity index (χ1v) is 6.63. The van der Waals surface area contributed by atoms with Crippen molar-refractivity contribution in [2.45, 2.75) is 6.92 Å². The van der Waals surface area contributed by atoms with Crippen LogP contribution in [0.15, 0.2) is 18.2 Å². The second-order valence-electron chi connectivity index (χ2n) is 4.73. The van der Waals surface area contributed by atoms with Gasteiger partial charge in [-0.3, -0.25) is 9.59 Å². The Labute approximate surface area is 120 Å². The number of likely N-dealkylation sites (tertiary alicyclic amines) is 1. The minimum absolute atomic E-state index is 0.0808. The average Bonchev–Trinajstić information content (AvgIpc) is 2.71. The lowest BCUT2D eigenvalue weighted by molar-refractivity contribution is -0.142. The second-order valence-corrected chi connectivity index (χ2v) is 5.54. The van der Waals surface area contributed by atoms with Crippen molar-refractivity contribution in [3.05, 3.63) is 33.8 Å². The van der Waals surface area contributed by atoms with Crippen molar-refractivity contribution < 1.29 is 14.7 Å². The molecule has 0 spiro atoms. The van der Waals surface area contributed by atoms with E-state index in [1.54, 1.807) is 18.2 Å². The standard InChI is InChI=1S/C13H13Cl2NO3/c1-7-5-16(6-8(7)13(18)19)12(17)11-9(14)3-2-4-10(11)15/h2-4,7-8H,5-6H2,1H3,(H,18,19). The first-order chi connectivity index (χ1) is 8.91. The smallest absolute Gasteiger partial charge is 0.308 e. The number of rotatable bonds is 2. The van der Waals surface area contributed by atoms with Crippen LogP contribution in [-0.2, 0) is 4.79 Å². The van der Waals surface area contributed by atoms with Crippen molar-refractivity contribution in [1.29, 1.82) is 0 Å². The van der Waals surface area contributed by atoms with E-state index in [9.17, 15) is 9.59 Å². The molecule has 1 heterocycles. The van der Waals surface area contributed by atoms with Gasteiger partial charge in [0, 0.05) is 13.1 Å². The number of aliphatic carboxylic acids is 1. The molecule has 1 aliphatic heterocycles. The molecular weight excluding hydrogens is 289 g/mol. The molecule has 0 bridgehead atoms. The lowest BCUT2D eigenvalue weighted by Crippen LogP contribution is -2.30. The van der Waals surface area contributed by atoms with Crippen LogP contribution in [0.2, 0.25) is 10.0 Å². The van der Waals surface area contributed by atoms with Gasteiger partial charge in [0.1, 0.15) is 0 Å². The summed E-state index contributed by atoms with van der Waals surface area (Å²) in [5.41, 5.74) is 0.240. The van der Waals surface area contributed by atoms with Crippen LogP contribution in [0.1, 0.15) is 17.3 Å². The molecular formula is C13H13Cl2NO3. The summed E-state index contributed by atoms with van der Waals surface area (Å²) in [4.78, 5) is 24.9. The fraction of sp³-hybridized carbons (Fsp3) is 0.385. The Morgan fingerprint density at radius 1 is 1.26 bits per heavy atom. The SMILES string of the molecule is CC1CN(C(=O)c2c(Cl)cccc2Cl)CC1C(=O)O. The molecule has 2 unspecified atom stereocenters. The topological polar surface area (TPSA) is 57.6 Å². The molecule has 0 saturated carbocycles. The van der Waals surface area contributed by atoms with Crippen LogP contribution >= 0.6 is 23.2 Å². The maximum atomic E-state index is 12.4. The van der Waals surface area contributed by atoms with Crippen molar-refractivity contribution in [1.82, 2.24) is 4.90 Å². The summed E-state index contributed by atoms with van der Waals surface area (Å²) in [7, 11) is 0. The molecule has 1 aliphatic rings. The van der Waals surface area contributed by atoms with E-state index in [4.69, 9.17) is 28.3 Å². The summed E-state index contributed by atoms with van der Waals surface area (Å²) in [6.07, 6.45) is 0. The Balaban J connectivity index is 2.25. The third-order valence-electron chi connectivity index (χ3n) is 3.39. The molecule has 1 N–H and O–H groups in total. The van der Waals surface area contributed by atoms with Crippen molar-refractivity contribution in [2.75, 3.05) is 13.1 Å². The van der Waals surface area contributed by atoms with Gasteiger partial charge in [-0.1, -0.05) is 36.2 Å². The third-order valence-corrected chi connectivity index (χ3v) is 4.02. The number of hydrogen-bond acceptors (Lipinski definition) is 2. The van der Waals surface area contributed by atoms with E-state index in [1.165, 1.54) is 4.90 Å². The molecule has 1 fully saturated rings. The zero-order valence-corrected chi connectivity index (χ0v) is 11.8. The van der Waals surface area contributed by atoms with Gasteiger partial charge >= 0.3 is 5.97 Å². The summed E-state index contributed by atoms with van der Waals surface area (Å²) in [5, 5.41) is 9.64. The number of hydrogen-bond donors (Lipinski definition) is 1. The van der Waals surface area contributed by atoms with Crippen LogP contribution in [0.25, 0.3) is 0 Å². The van der Waals surface area contributed by atoms with Gasteiger partial charge in [0.05, 0.1) is 21.5 Å². The third kappa shape index (κ3) is 2.69. The predicted molar refractivity (Wildman–Crippen MR) is 72.7 cm³/mol. The van der Waals surface area contributed by atoms with Gasteiger partial charge in [0.15, 0.2) is 0 Å². The molecule has 1 aromatic rings. The minimum Gasteiger partial charge on any atom is -0.481 e. The summed E-state index contributed by atoms with van der Waals surface area (Å²) >= 11 is 12.0. The van der Waals surface area contributed by atoms with Crippen LogP contribution in [-0.4, -0.2) is 35.0 Å². The maximum absolute atomic E-state index is 12.4. The number of halogens is 2. The number of benzene rings is 1. The van der Waals surface area contributed by atoms with Crippen LogP contribution in [0.3, 0.4) is 0 Å². The molecule has 19 heavy (non-hydrogen) atoms. The van der Waals surface area contributed by atoms with Gasteiger partial charge in [-0.2, -0.15) is 0 Å². The van der Waals surface area contributed by atoms with Crippen LogP contribution in [0.4, 0.5) is 0 Å². The summed E-state index contributed by atoms with van der Waals surface area (Å²) in [5.74, 6) is -1.81. The van der Waals surface area contributed by atoms with E-state index in [-0.39, 0.29) is 34.0 Å². The molecule has 1 saturated heterocycles. The fourth-order valence-electron chi connectivity index (χ4n) is 2.31. The van der Waals surface area contributed by atoms with E-state index >= 15 is 0 Å².